The van der Waals surface area contributed by atoms with Gasteiger partial charge in [-0.2, -0.15) is 0 Å². The highest BCUT2D eigenvalue weighted by Gasteiger charge is 2.32. The maximum atomic E-state index is 12.6. The molecule has 1 amide bonds. The fraction of sp³-hybridized carbons (Fsp3) is 0.696. The number of hydrogen-bond acceptors (Lipinski definition) is 2. The van der Waals surface area contributed by atoms with E-state index in [-0.39, 0.29) is 0 Å². The molecule has 1 aromatic carbocycles. The maximum Gasteiger partial charge on any atom is 0.227 e. The van der Waals surface area contributed by atoms with Crippen LogP contribution in [0.1, 0.15) is 69.8 Å². The van der Waals surface area contributed by atoms with Crippen molar-refractivity contribution < 1.29 is 4.79 Å². The van der Waals surface area contributed by atoms with Crippen LogP contribution >= 0.6 is 0 Å². The molecule has 3 heteroatoms. The van der Waals surface area contributed by atoms with Crippen LogP contribution in [-0.2, 0) is 11.2 Å². The van der Waals surface area contributed by atoms with E-state index < -0.39 is 0 Å². The van der Waals surface area contributed by atoms with Crippen molar-refractivity contribution in [3.05, 3.63) is 29.8 Å². The molecule has 2 aliphatic heterocycles. The zero-order valence-electron chi connectivity index (χ0n) is 16.2. The fourth-order valence-corrected chi connectivity index (χ4v) is 5.30. The first-order chi connectivity index (χ1) is 12.8. The van der Waals surface area contributed by atoms with Crippen molar-refractivity contribution in [2.45, 2.75) is 76.7 Å². The number of fused-ring (bicyclic) bond motifs is 1. The van der Waals surface area contributed by atoms with E-state index >= 15 is 0 Å². The van der Waals surface area contributed by atoms with E-state index in [2.05, 4.69) is 34.1 Å². The van der Waals surface area contributed by atoms with Gasteiger partial charge in [-0.15, -0.1) is 0 Å². The third kappa shape index (κ3) is 4.14. The smallest absolute Gasteiger partial charge is 0.227 e. The number of aryl methyl sites for hydroxylation is 1. The first-order valence-electron chi connectivity index (χ1n) is 10.9. The number of anilines is 1. The van der Waals surface area contributed by atoms with Crippen LogP contribution < -0.4 is 4.90 Å². The Morgan fingerprint density at radius 1 is 0.846 bits per heavy atom. The molecule has 0 unspecified atom stereocenters. The molecule has 0 atom stereocenters. The normalized spacial score (nSPS) is 24.2. The third-order valence-corrected chi connectivity index (χ3v) is 6.79. The van der Waals surface area contributed by atoms with Crippen molar-refractivity contribution in [1.82, 2.24) is 4.90 Å². The minimum Gasteiger partial charge on any atom is -0.309 e. The first kappa shape index (κ1) is 18.0. The van der Waals surface area contributed by atoms with E-state index in [0.717, 1.165) is 38.3 Å². The minimum absolute atomic E-state index is 0.335. The van der Waals surface area contributed by atoms with Crippen LogP contribution in [0.25, 0.3) is 0 Å². The zero-order chi connectivity index (χ0) is 17.8. The maximum absolute atomic E-state index is 12.6. The molecule has 0 aromatic heterocycles. The summed E-state index contributed by atoms with van der Waals surface area (Å²) in [6.07, 6.45) is 13.9. The van der Waals surface area contributed by atoms with Gasteiger partial charge in [0.1, 0.15) is 0 Å². The number of nitrogens with zero attached hydrogens (tertiary/aromatic N) is 2. The lowest BCUT2D eigenvalue weighted by atomic mass is 9.90. The summed E-state index contributed by atoms with van der Waals surface area (Å²) >= 11 is 0. The predicted octanol–water partition coefficient (Wildman–Crippen LogP) is 4.79. The van der Waals surface area contributed by atoms with Crippen LogP contribution in [0.5, 0.6) is 0 Å². The predicted molar refractivity (Wildman–Crippen MR) is 108 cm³/mol. The molecule has 0 bridgehead atoms. The van der Waals surface area contributed by atoms with E-state index in [9.17, 15) is 4.79 Å². The van der Waals surface area contributed by atoms with Crippen molar-refractivity contribution >= 4 is 11.6 Å². The summed E-state index contributed by atoms with van der Waals surface area (Å²) in [5, 5.41) is 0. The standard InChI is InChI=1S/C23H34N2O/c26-23-13-12-20-10-6-7-11-22(20)25(23)21-14-16-24(17-15-21)18-19-8-4-2-1-3-5-9-19/h6-7,10-11,19,21H,1-5,8-9,12-18H2. The lowest BCUT2D eigenvalue weighted by molar-refractivity contribution is -0.119. The van der Waals surface area contributed by atoms with E-state index in [4.69, 9.17) is 0 Å². The second-order valence-electron chi connectivity index (χ2n) is 8.64. The SMILES string of the molecule is O=C1CCc2ccccc2N1C1CCN(CC2CCCCCCC2)CC1. The van der Waals surface area contributed by atoms with Gasteiger partial charge in [-0.25, -0.2) is 0 Å². The van der Waals surface area contributed by atoms with Crippen molar-refractivity contribution in [1.29, 1.82) is 0 Å². The van der Waals surface area contributed by atoms with Gasteiger partial charge in [0, 0.05) is 37.8 Å². The number of carbonyl (C=O) groups excluding carboxylic acids is 1. The number of amides is 1. The summed E-state index contributed by atoms with van der Waals surface area (Å²) in [6, 6.07) is 8.92. The number of benzene rings is 1. The second-order valence-corrected chi connectivity index (χ2v) is 8.64. The molecule has 3 aliphatic rings. The van der Waals surface area contributed by atoms with Crippen LogP contribution in [0.3, 0.4) is 0 Å². The molecule has 26 heavy (non-hydrogen) atoms. The molecule has 0 radical (unpaired) electrons. The topological polar surface area (TPSA) is 23.6 Å². The van der Waals surface area contributed by atoms with Gasteiger partial charge < -0.3 is 9.80 Å². The monoisotopic (exact) mass is 354 g/mol. The molecule has 3 nitrogen and oxygen atoms in total. The molecule has 1 saturated carbocycles. The third-order valence-electron chi connectivity index (χ3n) is 6.79. The van der Waals surface area contributed by atoms with E-state index in [0.29, 0.717) is 18.4 Å². The molecule has 1 saturated heterocycles. The van der Waals surface area contributed by atoms with E-state index in [1.165, 1.54) is 62.7 Å². The summed E-state index contributed by atoms with van der Waals surface area (Å²) in [5.41, 5.74) is 2.53. The van der Waals surface area contributed by atoms with Crippen LogP contribution in [0.15, 0.2) is 24.3 Å². The van der Waals surface area contributed by atoms with Crippen LogP contribution in [-0.4, -0.2) is 36.5 Å². The molecular formula is C23H34N2O. The second kappa shape index (κ2) is 8.56. The highest BCUT2D eigenvalue weighted by atomic mass is 16.2. The highest BCUT2D eigenvalue weighted by molar-refractivity contribution is 5.97. The number of rotatable bonds is 3. The Labute approximate surface area is 158 Å². The Bertz CT molecular complexity index is 598. The Balaban J connectivity index is 1.34. The summed E-state index contributed by atoms with van der Waals surface area (Å²) in [6.45, 7) is 3.61. The van der Waals surface area contributed by atoms with Gasteiger partial charge in [-0.3, -0.25) is 4.79 Å². The van der Waals surface area contributed by atoms with Gasteiger partial charge in [-0.1, -0.05) is 50.3 Å². The number of likely N-dealkylation sites (tertiary alicyclic amines) is 1. The lowest BCUT2D eigenvalue weighted by Crippen LogP contribution is -2.49. The van der Waals surface area contributed by atoms with Gasteiger partial charge in [-0.05, 0) is 49.7 Å². The largest absolute Gasteiger partial charge is 0.309 e. The number of para-hydroxylation sites is 1. The Kier molecular flexibility index (Phi) is 5.94. The van der Waals surface area contributed by atoms with Crippen molar-refractivity contribution in [3.63, 3.8) is 0 Å². The van der Waals surface area contributed by atoms with Gasteiger partial charge in [0.25, 0.3) is 0 Å². The van der Waals surface area contributed by atoms with Crippen molar-refractivity contribution in [3.8, 4) is 0 Å². The van der Waals surface area contributed by atoms with E-state index in [1.54, 1.807) is 0 Å². The molecule has 4 rings (SSSR count). The summed E-state index contributed by atoms with van der Waals surface area (Å²) in [5.74, 6) is 1.24. The molecule has 2 fully saturated rings. The van der Waals surface area contributed by atoms with Crippen molar-refractivity contribution in [2.75, 3.05) is 24.5 Å². The van der Waals surface area contributed by atoms with Crippen molar-refractivity contribution in [2.24, 2.45) is 5.92 Å². The first-order valence-corrected chi connectivity index (χ1v) is 10.9. The zero-order valence-corrected chi connectivity index (χ0v) is 16.2. The average Bonchev–Trinajstić information content (AvgIpc) is 2.65. The fourth-order valence-electron chi connectivity index (χ4n) is 5.30. The lowest BCUT2D eigenvalue weighted by Gasteiger charge is -2.41. The van der Waals surface area contributed by atoms with Crippen LogP contribution in [0.2, 0.25) is 0 Å². The molecule has 2 heterocycles. The van der Waals surface area contributed by atoms with E-state index in [1.807, 2.05) is 0 Å². The highest BCUT2D eigenvalue weighted by Crippen LogP contribution is 2.33. The molecule has 1 aromatic rings. The molecule has 0 spiro atoms. The van der Waals surface area contributed by atoms with Crippen LogP contribution in [0, 0.1) is 5.92 Å². The number of hydrogen-bond donors (Lipinski definition) is 0. The summed E-state index contributed by atoms with van der Waals surface area (Å²) in [7, 11) is 0. The molecule has 0 N–H and O–H groups in total. The minimum atomic E-state index is 0.335. The Morgan fingerprint density at radius 2 is 1.54 bits per heavy atom. The Morgan fingerprint density at radius 3 is 2.31 bits per heavy atom. The number of piperidine rings is 1. The van der Waals surface area contributed by atoms with Gasteiger partial charge in [0.2, 0.25) is 5.91 Å². The van der Waals surface area contributed by atoms with Crippen LogP contribution in [0.4, 0.5) is 5.69 Å². The Hall–Kier alpha value is -1.35. The molecule has 1 aliphatic carbocycles. The average molecular weight is 355 g/mol. The van der Waals surface area contributed by atoms with Gasteiger partial charge in [0.05, 0.1) is 0 Å². The number of carbonyl (C=O) groups is 1. The van der Waals surface area contributed by atoms with Gasteiger partial charge >= 0.3 is 0 Å². The summed E-state index contributed by atoms with van der Waals surface area (Å²) < 4.78 is 0. The molecular weight excluding hydrogens is 320 g/mol. The molecule has 142 valence electrons. The summed E-state index contributed by atoms with van der Waals surface area (Å²) in [4.78, 5) is 17.5. The quantitative estimate of drug-likeness (QED) is 0.779. The van der Waals surface area contributed by atoms with Gasteiger partial charge in [0.15, 0.2) is 0 Å².